The highest BCUT2D eigenvalue weighted by molar-refractivity contribution is 7.21. The number of nitrogens with one attached hydrogen (secondary N) is 1. The van der Waals surface area contributed by atoms with Crippen LogP contribution in [0, 0.1) is 6.92 Å². The van der Waals surface area contributed by atoms with Crippen LogP contribution in [-0.4, -0.2) is 25.0 Å². The molecule has 20 heavy (non-hydrogen) atoms. The minimum atomic E-state index is -0.464. The molecule has 6 heteroatoms. The van der Waals surface area contributed by atoms with E-state index in [1.54, 1.807) is 6.92 Å². The molecule has 0 atom stereocenters. The second-order valence-electron chi connectivity index (χ2n) is 4.23. The lowest BCUT2D eigenvalue weighted by Gasteiger charge is -2.03. The van der Waals surface area contributed by atoms with Gasteiger partial charge >= 0.3 is 5.97 Å². The van der Waals surface area contributed by atoms with E-state index in [0.717, 1.165) is 15.6 Å². The minimum absolute atomic E-state index is 0.156. The maximum atomic E-state index is 12.0. The molecule has 1 aromatic heterocycles. The number of rotatable bonds is 4. The Labute approximate surface area is 125 Å². The monoisotopic (exact) mass is 311 g/mol. The topological polar surface area (TPSA) is 55.4 Å². The van der Waals surface area contributed by atoms with Crippen LogP contribution in [-0.2, 0) is 9.53 Å². The van der Waals surface area contributed by atoms with Crippen molar-refractivity contribution in [2.45, 2.75) is 13.8 Å². The standard InChI is InChI=1S/C14H14ClNO3S/c1-3-19-11(17)7-16-14(18)13-12(15)9-5-4-8(2)6-10(9)20-13/h4-6H,3,7H2,1-2H3,(H,16,18). The normalized spacial score (nSPS) is 10.6. The quantitative estimate of drug-likeness (QED) is 0.882. The lowest BCUT2D eigenvalue weighted by molar-refractivity contribution is -0.141. The molecule has 106 valence electrons. The summed E-state index contributed by atoms with van der Waals surface area (Å²) < 4.78 is 5.70. The molecule has 0 radical (unpaired) electrons. The smallest absolute Gasteiger partial charge is 0.325 e. The number of carbonyl (C=O) groups is 2. The number of hydrogen-bond donors (Lipinski definition) is 1. The maximum Gasteiger partial charge on any atom is 0.325 e. The van der Waals surface area contributed by atoms with Gasteiger partial charge in [-0.05, 0) is 25.5 Å². The average Bonchev–Trinajstić information content (AvgIpc) is 2.73. The molecule has 0 aliphatic heterocycles. The molecule has 0 unspecified atom stereocenters. The number of ether oxygens (including phenoxy) is 1. The van der Waals surface area contributed by atoms with Crippen LogP contribution in [0.3, 0.4) is 0 Å². The van der Waals surface area contributed by atoms with Gasteiger partial charge in [0.2, 0.25) is 0 Å². The zero-order valence-corrected chi connectivity index (χ0v) is 12.7. The summed E-state index contributed by atoms with van der Waals surface area (Å²) in [6.45, 7) is 3.83. The van der Waals surface area contributed by atoms with Crippen LogP contribution in [0.1, 0.15) is 22.2 Å². The fraction of sp³-hybridized carbons (Fsp3) is 0.286. The van der Waals surface area contributed by atoms with Crippen LogP contribution in [0.15, 0.2) is 18.2 Å². The van der Waals surface area contributed by atoms with Gasteiger partial charge in [-0.1, -0.05) is 23.7 Å². The Hall–Kier alpha value is -1.59. The highest BCUT2D eigenvalue weighted by Gasteiger charge is 2.17. The summed E-state index contributed by atoms with van der Waals surface area (Å²) in [5.74, 6) is -0.823. The molecule has 4 nitrogen and oxygen atoms in total. The molecule has 2 rings (SSSR count). The number of halogens is 1. The first-order valence-corrected chi connectivity index (χ1v) is 7.34. The summed E-state index contributed by atoms with van der Waals surface area (Å²) in [4.78, 5) is 23.7. The molecule has 0 fully saturated rings. The number of esters is 1. The zero-order valence-electron chi connectivity index (χ0n) is 11.2. The van der Waals surface area contributed by atoms with Crippen molar-refractivity contribution >= 4 is 44.9 Å². The van der Waals surface area contributed by atoms with Gasteiger partial charge in [-0.3, -0.25) is 9.59 Å². The predicted molar refractivity (Wildman–Crippen MR) is 80.5 cm³/mol. The number of thiophene rings is 1. The average molecular weight is 312 g/mol. The molecule has 1 N–H and O–H groups in total. The highest BCUT2D eigenvalue weighted by Crippen LogP contribution is 2.35. The second-order valence-corrected chi connectivity index (χ2v) is 5.66. The van der Waals surface area contributed by atoms with E-state index in [-0.39, 0.29) is 19.1 Å². The third-order valence-corrected chi connectivity index (χ3v) is 4.35. The SMILES string of the molecule is CCOC(=O)CNC(=O)c1sc2cc(C)ccc2c1Cl. The number of amides is 1. The van der Waals surface area contributed by atoms with Gasteiger partial charge in [-0.25, -0.2) is 0 Å². The van der Waals surface area contributed by atoms with Crippen molar-refractivity contribution < 1.29 is 14.3 Å². The van der Waals surface area contributed by atoms with Gasteiger partial charge < -0.3 is 10.1 Å². The molecular weight excluding hydrogens is 298 g/mol. The van der Waals surface area contributed by atoms with Crippen LogP contribution < -0.4 is 5.32 Å². The Kier molecular flexibility index (Phi) is 4.62. The summed E-state index contributed by atoms with van der Waals surface area (Å²) in [6, 6.07) is 5.82. The van der Waals surface area contributed by atoms with Gasteiger partial charge in [-0.2, -0.15) is 0 Å². The molecule has 1 amide bonds. The zero-order chi connectivity index (χ0) is 14.7. The van der Waals surface area contributed by atoms with Gasteiger partial charge in [0.15, 0.2) is 0 Å². The van der Waals surface area contributed by atoms with Crippen LogP contribution >= 0.6 is 22.9 Å². The lowest BCUT2D eigenvalue weighted by atomic mass is 10.2. The fourth-order valence-electron chi connectivity index (χ4n) is 1.76. The summed E-state index contributed by atoms with van der Waals surface area (Å²) >= 11 is 7.53. The van der Waals surface area contributed by atoms with Crippen LogP contribution in [0.5, 0.6) is 0 Å². The molecule has 0 aliphatic rings. The maximum absolute atomic E-state index is 12.0. The van der Waals surface area contributed by atoms with Crippen LogP contribution in [0.25, 0.3) is 10.1 Å². The van der Waals surface area contributed by atoms with E-state index >= 15 is 0 Å². The van der Waals surface area contributed by atoms with Gasteiger partial charge in [0.25, 0.3) is 5.91 Å². The molecule has 0 spiro atoms. The van der Waals surface area contributed by atoms with E-state index in [2.05, 4.69) is 5.32 Å². The van der Waals surface area contributed by atoms with Crippen LogP contribution in [0.2, 0.25) is 5.02 Å². The predicted octanol–water partition coefficient (Wildman–Crippen LogP) is 3.16. The Morgan fingerprint density at radius 2 is 2.15 bits per heavy atom. The van der Waals surface area contributed by atoms with E-state index in [1.165, 1.54) is 11.3 Å². The number of fused-ring (bicyclic) bond motifs is 1. The number of aryl methyl sites for hydroxylation is 1. The minimum Gasteiger partial charge on any atom is -0.465 e. The van der Waals surface area contributed by atoms with Gasteiger partial charge in [0.1, 0.15) is 11.4 Å². The molecule has 1 heterocycles. The van der Waals surface area contributed by atoms with Crippen molar-refractivity contribution in [3.8, 4) is 0 Å². The third-order valence-electron chi connectivity index (χ3n) is 2.69. The third kappa shape index (κ3) is 3.11. The molecule has 0 saturated heterocycles. The summed E-state index contributed by atoms with van der Waals surface area (Å²) in [5.41, 5.74) is 1.11. The van der Waals surface area contributed by atoms with Crippen molar-refractivity contribution in [2.24, 2.45) is 0 Å². The number of carbonyl (C=O) groups excluding carboxylic acids is 2. The lowest BCUT2D eigenvalue weighted by Crippen LogP contribution is -2.30. The fourth-order valence-corrected chi connectivity index (χ4v) is 3.29. The largest absolute Gasteiger partial charge is 0.465 e. The van der Waals surface area contributed by atoms with Crippen molar-refractivity contribution in [1.82, 2.24) is 5.32 Å². The Morgan fingerprint density at radius 1 is 1.40 bits per heavy atom. The van der Waals surface area contributed by atoms with Gasteiger partial charge in [-0.15, -0.1) is 11.3 Å². The Balaban J connectivity index is 2.18. The Morgan fingerprint density at radius 3 is 2.85 bits per heavy atom. The number of benzene rings is 1. The first kappa shape index (κ1) is 14.8. The van der Waals surface area contributed by atoms with Crippen molar-refractivity contribution in [2.75, 3.05) is 13.2 Å². The van der Waals surface area contributed by atoms with Crippen LogP contribution in [0.4, 0.5) is 0 Å². The molecule has 2 aromatic rings. The van der Waals surface area contributed by atoms with E-state index in [0.29, 0.717) is 9.90 Å². The van der Waals surface area contributed by atoms with Crippen molar-refractivity contribution in [3.63, 3.8) is 0 Å². The molecular formula is C14H14ClNO3S. The molecule has 0 aliphatic carbocycles. The van der Waals surface area contributed by atoms with Gasteiger partial charge in [0, 0.05) is 10.1 Å². The molecule has 0 saturated carbocycles. The summed E-state index contributed by atoms with van der Waals surface area (Å²) in [7, 11) is 0. The first-order chi connectivity index (χ1) is 9.52. The van der Waals surface area contributed by atoms with Gasteiger partial charge in [0.05, 0.1) is 11.6 Å². The Bertz CT molecular complexity index is 666. The molecule has 0 bridgehead atoms. The van der Waals surface area contributed by atoms with E-state index < -0.39 is 5.97 Å². The van der Waals surface area contributed by atoms with Crippen molar-refractivity contribution in [3.05, 3.63) is 33.7 Å². The first-order valence-electron chi connectivity index (χ1n) is 6.15. The summed E-state index contributed by atoms with van der Waals surface area (Å²) in [5, 5.41) is 3.79. The van der Waals surface area contributed by atoms with Crippen molar-refractivity contribution in [1.29, 1.82) is 0 Å². The second kappa shape index (κ2) is 6.24. The summed E-state index contributed by atoms with van der Waals surface area (Å²) in [6.07, 6.45) is 0. The van der Waals surface area contributed by atoms with E-state index in [4.69, 9.17) is 16.3 Å². The number of hydrogen-bond acceptors (Lipinski definition) is 4. The van der Waals surface area contributed by atoms with E-state index in [9.17, 15) is 9.59 Å². The van der Waals surface area contributed by atoms with E-state index in [1.807, 2.05) is 25.1 Å². The highest BCUT2D eigenvalue weighted by atomic mass is 35.5. The molecule has 1 aromatic carbocycles.